The summed E-state index contributed by atoms with van der Waals surface area (Å²) in [5, 5.41) is 0. The summed E-state index contributed by atoms with van der Waals surface area (Å²) in [6.45, 7) is 6.27. The maximum absolute atomic E-state index is 3.96. The Bertz CT molecular complexity index is 96.6. The second kappa shape index (κ2) is 2.39. The Hall–Kier alpha value is -0.195. The smallest absolute Gasteiger partial charge is 0.0999 e. The fraction of sp³-hybridized carbons (Fsp3) is 0.714. The molecule has 0 saturated carbocycles. The van der Waals surface area contributed by atoms with E-state index in [1.54, 1.807) is 0 Å². The van der Waals surface area contributed by atoms with E-state index in [9.17, 15) is 0 Å². The molecule has 0 aromatic heterocycles. The summed E-state index contributed by atoms with van der Waals surface area (Å²) in [7, 11) is 1.42. The predicted molar refractivity (Wildman–Crippen MR) is 39.8 cm³/mol. The van der Waals surface area contributed by atoms with Crippen molar-refractivity contribution in [2.45, 2.75) is 31.9 Å². The summed E-state index contributed by atoms with van der Waals surface area (Å²) in [4.78, 5) is 0. The zero-order chi connectivity index (χ0) is 5.98. The third-order valence-electron chi connectivity index (χ3n) is 1.86. The highest BCUT2D eigenvalue weighted by atomic mass is 14.0. The summed E-state index contributed by atoms with van der Waals surface area (Å²) >= 11 is 0. The van der Waals surface area contributed by atoms with Crippen molar-refractivity contribution in [2.75, 3.05) is 0 Å². The lowest BCUT2D eigenvalue weighted by Gasteiger charge is -2.17. The Morgan fingerprint density at radius 2 is 2.50 bits per heavy atom. The molecule has 0 radical (unpaired) electrons. The van der Waals surface area contributed by atoms with Gasteiger partial charge in [-0.05, 0) is 12.8 Å². The van der Waals surface area contributed by atoms with Gasteiger partial charge in [0.2, 0.25) is 0 Å². The molecule has 0 spiro atoms. The van der Waals surface area contributed by atoms with Crippen LogP contribution in [-0.4, -0.2) is 7.28 Å². The summed E-state index contributed by atoms with van der Waals surface area (Å²) in [5.41, 5.74) is 1.46. The van der Waals surface area contributed by atoms with E-state index >= 15 is 0 Å². The Kier molecular flexibility index (Phi) is 1.77. The fourth-order valence-corrected chi connectivity index (χ4v) is 1.40. The van der Waals surface area contributed by atoms with E-state index in [0.29, 0.717) is 0 Å². The molecule has 0 bridgehead atoms. The highest BCUT2D eigenvalue weighted by Gasteiger charge is 2.11. The molecular weight excluding hydrogens is 94.9 g/mol. The van der Waals surface area contributed by atoms with Gasteiger partial charge in [-0.2, -0.15) is 0 Å². The first-order valence-electron chi connectivity index (χ1n) is 3.45. The molecule has 1 unspecified atom stereocenters. The summed E-state index contributed by atoms with van der Waals surface area (Å²) in [6, 6.07) is 0. The molecular formula is C7H13B. The van der Waals surface area contributed by atoms with Gasteiger partial charge in [0, 0.05) is 0 Å². The zero-order valence-corrected chi connectivity index (χ0v) is 5.61. The average molecular weight is 108 g/mol. The highest BCUT2D eigenvalue weighted by molar-refractivity contribution is 6.37. The lowest BCUT2D eigenvalue weighted by Crippen LogP contribution is -2.06. The maximum Gasteiger partial charge on any atom is 0.124 e. The molecule has 44 valence electrons. The van der Waals surface area contributed by atoms with E-state index in [2.05, 4.69) is 13.5 Å². The van der Waals surface area contributed by atoms with Crippen LogP contribution >= 0.6 is 0 Å². The van der Waals surface area contributed by atoms with Gasteiger partial charge in [0.15, 0.2) is 0 Å². The van der Waals surface area contributed by atoms with Gasteiger partial charge in [0.1, 0.15) is 7.28 Å². The van der Waals surface area contributed by atoms with Crippen LogP contribution in [0.3, 0.4) is 0 Å². The number of hydrogen-bond donors (Lipinski definition) is 0. The molecule has 1 rings (SSSR count). The van der Waals surface area contributed by atoms with Gasteiger partial charge in [0.05, 0.1) is 0 Å². The fourth-order valence-electron chi connectivity index (χ4n) is 1.40. The topological polar surface area (TPSA) is 0 Å². The number of hydrogen-bond acceptors (Lipinski definition) is 0. The Morgan fingerprint density at radius 3 is 2.88 bits per heavy atom. The van der Waals surface area contributed by atoms with Crippen LogP contribution < -0.4 is 0 Å². The van der Waals surface area contributed by atoms with Gasteiger partial charge in [-0.1, -0.05) is 31.2 Å². The molecule has 1 heteroatoms. The van der Waals surface area contributed by atoms with Crippen LogP contribution in [-0.2, 0) is 0 Å². The monoisotopic (exact) mass is 108 g/mol. The molecule has 0 aromatic rings. The number of allylic oxidation sites excluding steroid dienone is 1. The maximum atomic E-state index is 3.96. The first-order valence-corrected chi connectivity index (χ1v) is 3.45. The van der Waals surface area contributed by atoms with Gasteiger partial charge in [0.25, 0.3) is 0 Å². The van der Waals surface area contributed by atoms with Gasteiger partial charge in [-0.25, -0.2) is 0 Å². The molecule has 0 N–H and O–H groups in total. The van der Waals surface area contributed by atoms with Crippen LogP contribution in [0.4, 0.5) is 0 Å². The van der Waals surface area contributed by atoms with E-state index in [-0.39, 0.29) is 0 Å². The van der Waals surface area contributed by atoms with Gasteiger partial charge < -0.3 is 0 Å². The number of rotatable bonds is 0. The summed E-state index contributed by atoms with van der Waals surface area (Å²) < 4.78 is 0. The molecule has 8 heavy (non-hydrogen) atoms. The molecule has 0 amide bonds. The SMILES string of the molecule is C=C1CCBC(C)C1. The molecule has 1 aliphatic heterocycles. The quantitative estimate of drug-likeness (QED) is 0.329. The second-order valence-electron chi connectivity index (χ2n) is 2.95. The normalized spacial score (nSPS) is 29.6. The van der Waals surface area contributed by atoms with Crippen molar-refractivity contribution in [2.24, 2.45) is 0 Å². The van der Waals surface area contributed by atoms with Crippen molar-refractivity contribution < 1.29 is 0 Å². The molecule has 1 heterocycles. The molecule has 1 saturated heterocycles. The third kappa shape index (κ3) is 1.39. The minimum absolute atomic E-state index is 0.913. The summed E-state index contributed by atoms with van der Waals surface area (Å²) in [5.74, 6) is 0.913. The Morgan fingerprint density at radius 1 is 1.75 bits per heavy atom. The molecule has 1 fully saturated rings. The lowest BCUT2D eigenvalue weighted by atomic mass is 9.56. The minimum atomic E-state index is 0.913. The van der Waals surface area contributed by atoms with E-state index in [1.807, 2.05) is 0 Å². The average Bonchev–Trinajstić information content (AvgIpc) is 1.64. The predicted octanol–water partition coefficient (Wildman–Crippen LogP) is 2.00. The van der Waals surface area contributed by atoms with Gasteiger partial charge in [-0.3, -0.25) is 0 Å². The van der Waals surface area contributed by atoms with Crippen molar-refractivity contribution in [3.8, 4) is 0 Å². The van der Waals surface area contributed by atoms with Crippen molar-refractivity contribution in [1.82, 2.24) is 0 Å². The standard InChI is InChI=1S/C7H13B/c1-6-3-4-8-7(2)5-6/h7-8H,1,3-5H2,2H3. The van der Waals surface area contributed by atoms with Crippen LogP contribution in [0.15, 0.2) is 12.2 Å². The van der Waals surface area contributed by atoms with Crippen molar-refractivity contribution >= 4 is 7.28 Å². The second-order valence-corrected chi connectivity index (χ2v) is 2.95. The molecule has 0 aliphatic carbocycles. The highest BCUT2D eigenvalue weighted by Crippen LogP contribution is 2.25. The van der Waals surface area contributed by atoms with Gasteiger partial charge >= 0.3 is 0 Å². The zero-order valence-electron chi connectivity index (χ0n) is 5.61. The first kappa shape index (κ1) is 5.93. The van der Waals surface area contributed by atoms with Crippen molar-refractivity contribution in [3.63, 3.8) is 0 Å². The minimum Gasteiger partial charge on any atom is -0.0999 e. The lowest BCUT2D eigenvalue weighted by molar-refractivity contribution is 0.806. The molecule has 0 aromatic carbocycles. The molecule has 1 aliphatic rings. The van der Waals surface area contributed by atoms with Crippen LogP contribution in [0, 0.1) is 0 Å². The Labute approximate surface area is 52.2 Å². The van der Waals surface area contributed by atoms with Crippen LogP contribution in [0.1, 0.15) is 19.8 Å². The van der Waals surface area contributed by atoms with Crippen molar-refractivity contribution in [1.29, 1.82) is 0 Å². The van der Waals surface area contributed by atoms with Gasteiger partial charge in [-0.15, -0.1) is 0 Å². The van der Waals surface area contributed by atoms with E-state index in [4.69, 9.17) is 0 Å². The summed E-state index contributed by atoms with van der Waals surface area (Å²) in [6.07, 6.45) is 3.93. The molecule has 1 atom stereocenters. The van der Waals surface area contributed by atoms with Crippen molar-refractivity contribution in [3.05, 3.63) is 12.2 Å². The largest absolute Gasteiger partial charge is 0.124 e. The third-order valence-corrected chi connectivity index (χ3v) is 1.86. The molecule has 0 nitrogen and oxygen atoms in total. The van der Waals surface area contributed by atoms with Crippen LogP contribution in [0.25, 0.3) is 0 Å². The van der Waals surface area contributed by atoms with Crippen LogP contribution in [0.5, 0.6) is 0 Å². The van der Waals surface area contributed by atoms with E-state index < -0.39 is 0 Å². The van der Waals surface area contributed by atoms with E-state index in [0.717, 1.165) is 5.82 Å². The Balaban J connectivity index is 2.34. The first-order chi connectivity index (χ1) is 3.79. The van der Waals surface area contributed by atoms with Crippen LogP contribution in [0.2, 0.25) is 12.1 Å². The van der Waals surface area contributed by atoms with E-state index in [1.165, 1.54) is 32.0 Å².